The first-order chi connectivity index (χ1) is 13.5. The Kier molecular flexibility index (Phi) is 6.45. The van der Waals surface area contributed by atoms with E-state index in [1.54, 1.807) is 18.2 Å². The second-order valence-corrected chi connectivity index (χ2v) is 7.82. The van der Waals surface area contributed by atoms with Crippen molar-refractivity contribution in [2.45, 2.75) is 33.1 Å². The highest BCUT2D eigenvalue weighted by Gasteiger charge is 2.29. The maximum absolute atomic E-state index is 12.9. The summed E-state index contributed by atoms with van der Waals surface area (Å²) in [6.07, 6.45) is 3.96. The van der Waals surface area contributed by atoms with Gasteiger partial charge in [0.25, 0.3) is 5.91 Å². The minimum atomic E-state index is -0.0493. The fourth-order valence-corrected chi connectivity index (χ4v) is 3.65. The molecule has 1 aromatic heterocycles. The Balaban J connectivity index is 1.69. The number of piperidine rings is 1. The normalized spacial score (nSPS) is 16.9. The van der Waals surface area contributed by atoms with Crippen LogP contribution in [0.3, 0.4) is 0 Å². The summed E-state index contributed by atoms with van der Waals surface area (Å²) in [6.45, 7) is 5.32. The van der Waals surface area contributed by atoms with Crippen LogP contribution in [-0.4, -0.2) is 41.8 Å². The third-order valence-corrected chi connectivity index (χ3v) is 5.15. The average Bonchev–Trinajstić information content (AvgIpc) is 2.73. The van der Waals surface area contributed by atoms with Gasteiger partial charge < -0.3 is 9.64 Å². The van der Waals surface area contributed by atoms with Crippen molar-refractivity contribution in [3.8, 4) is 17.0 Å². The van der Waals surface area contributed by atoms with Gasteiger partial charge in [-0.3, -0.25) is 14.6 Å². The molecule has 1 aliphatic rings. The molecule has 1 atom stereocenters. The lowest BCUT2D eigenvalue weighted by Gasteiger charge is -2.32. The Hall–Kier alpha value is -2.69. The van der Waals surface area contributed by atoms with E-state index < -0.39 is 0 Å². The Bertz CT molecular complexity index is 830. The summed E-state index contributed by atoms with van der Waals surface area (Å²) < 4.78 is 5.25. The van der Waals surface area contributed by atoms with Crippen molar-refractivity contribution in [3.05, 3.63) is 48.2 Å². The molecule has 0 bridgehead atoms. The average molecular weight is 380 g/mol. The Morgan fingerprint density at radius 1 is 1.25 bits per heavy atom. The monoisotopic (exact) mass is 380 g/mol. The van der Waals surface area contributed by atoms with Crippen LogP contribution in [-0.2, 0) is 4.79 Å². The Morgan fingerprint density at radius 3 is 2.75 bits per heavy atom. The molecule has 0 aliphatic carbocycles. The number of ketones is 1. The van der Waals surface area contributed by atoms with E-state index in [1.165, 1.54) is 0 Å². The number of methoxy groups -OCH3 is 1. The van der Waals surface area contributed by atoms with E-state index in [0.717, 1.165) is 29.8 Å². The second kappa shape index (κ2) is 9.00. The van der Waals surface area contributed by atoms with Crippen LogP contribution in [0.15, 0.2) is 42.6 Å². The summed E-state index contributed by atoms with van der Waals surface area (Å²) in [6, 6.07) is 11.3. The molecule has 5 nitrogen and oxygen atoms in total. The third kappa shape index (κ3) is 4.77. The van der Waals surface area contributed by atoms with Crippen molar-refractivity contribution < 1.29 is 14.3 Å². The molecular weight excluding hydrogens is 352 g/mol. The zero-order valence-corrected chi connectivity index (χ0v) is 16.9. The molecule has 2 heterocycles. The number of carbonyl (C=O) groups excluding carboxylic acids is 2. The first-order valence-corrected chi connectivity index (χ1v) is 9.90. The minimum absolute atomic E-state index is 0.0379. The number of likely N-dealkylation sites (tertiary alicyclic amines) is 1. The number of aromatic nitrogens is 1. The fraction of sp³-hybridized carbons (Fsp3) is 0.435. The summed E-state index contributed by atoms with van der Waals surface area (Å²) in [5.74, 6) is 1.31. The van der Waals surface area contributed by atoms with Crippen molar-refractivity contribution in [2.24, 2.45) is 11.8 Å². The number of rotatable bonds is 6. The van der Waals surface area contributed by atoms with Crippen LogP contribution in [0.5, 0.6) is 5.75 Å². The van der Waals surface area contributed by atoms with E-state index in [-0.39, 0.29) is 17.6 Å². The second-order valence-electron chi connectivity index (χ2n) is 7.82. The topological polar surface area (TPSA) is 59.5 Å². The van der Waals surface area contributed by atoms with Gasteiger partial charge in [-0.05, 0) is 43.0 Å². The summed E-state index contributed by atoms with van der Waals surface area (Å²) in [5.41, 5.74) is 2.29. The molecule has 1 aliphatic heterocycles. The Labute approximate surface area is 166 Å². The van der Waals surface area contributed by atoms with Crippen LogP contribution in [0, 0.1) is 11.8 Å². The van der Waals surface area contributed by atoms with E-state index in [4.69, 9.17) is 4.74 Å². The highest BCUT2D eigenvalue weighted by Crippen LogP contribution is 2.24. The van der Waals surface area contributed by atoms with Crippen LogP contribution in [0.2, 0.25) is 0 Å². The molecule has 5 heteroatoms. The van der Waals surface area contributed by atoms with Crippen molar-refractivity contribution in [3.63, 3.8) is 0 Å². The molecule has 1 aromatic carbocycles. The molecule has 148 valence electrons. The van der Waals surface area contributed by atoms with E-state index in [9.17, 15) is 9.59 Å². The van der Waals surface area contributed by atoms with Gasteiger partial charge in [-0.15, -0.1) is 0 Å². The molecule has 28 heavy (non-hydrogen) atoms. The number of benzene rings is 1. The quantitative estimate of drug-likeness (QED) is 0.753. The molecule has 1 amide bonds. The lowest BCUT2D eigenvalue weighted by Crippen LogP contribution is -2.42. The molecule has 0 N–H and O–H groups in total. The zero-order valence-electron chi connectivity index (χ0n) is 16.9. The lowest BCUT2D eigenvalue weighted by molar-refractivity contribution is -0.124. The van der Waals surface area contributed by atoms with E-state index >= 15 is 0 Å². The van der Waals surface area contributed by atoms with Crippen molar-refractivity contribution in [1.82, 2.24) is 9.88 Å². The predicted molar refractivity (Wildman–Crippen MR) is 109 cm³/mol. The van der Waals surface area contributed by atoms with E-state index in [0.29, 0.717) is 31.0 Å². The highest BCUT2D eigenvalue weighted by molar-refractivity contribution is 5.94. The van der Waals surface area contributed by atoms with Gasteiger partial charge >= 0.3 is 0 Å². The molecule has 3 rings (SSSR count). The predicted octanol–water partition coefficient (Wildman–Crippen LogP) is 4.22. The fourth-order valence-electron chi connectivity index (χ4n) is 3.65. The van der Waals surface area contributed by atoms with E-state index in [1.807, 2.05) is 36.4 Å². The van der Waals surface area contributed by atoms with Crippen LogP contribution in [0.4, 0.5) is 0 Å². The Morgan fingerprint density at radius 2 is 2.07 bits per heavy atom. The number of nitrogens with zero attached hydrogens (tertiary/aromatic N) is 2. The summed E-state index contributed by atoms with van der Waals surface area (Å²) in [5, 5.41) is 0. The van der Waals surface area contributed by atoms with Crippen LogP contribution < -0.4 is 4.74 Å². The number of amides is 1. The van der Waals surface area contributed by atoms with Gasteiger partial charge in [-0.1, -0.05) is 26.0 Å². The van der Waals surface area contributed by atoms with Gasteiger partial charge in [0.2, 0.25) is 0 Å². The highest BCUT2D eigenvalue weighted by atomic mass is 16.5. The first-order valence-electron chi connectivity index (χ1n) is 9.90. The molecule has 0 saturated carbocycles. The molecule has 1 fully saturated rings. The van der Waals surface area contributed by atoms with Gasteiger partial charge in [0.15, 0.2) is 0 Å². The van der Waals surface area contributed by atoms with Gasteiger partial charge in [-0.2, -0.15) is 0 Å². The molecule has 0 radical (unpaired) electrons. The smallest absolute Gasteiger partial charge is 0.255 e. The maximum atomic E-state index is 12.9. The summed E-state index contributed by atoms with van der Waals surface area (Å²) in [4.78, 5) is 31.6. The van der Waals surface area contributed by atoms with Gasteiger partial charge in [-0.25, -0.2) is 0 Å². The molecule has 2 aromatic rings. The minimum Gasteiger partial charge on any atom is -0.497 e. The first kappa shape index (κ1) is 20.1. The molecular formula is C23H28N2O3. The van der Waals surface area contributed by atoms with Gasteiger partial charge in [0.05, 0.1) is 18.4 Å². The third-order valence-electron chi connectivity index (χ3n) is 5.15. The number of hydrogen-bond acceptors (Lipinski definition) is 4. The van der Waals surface area contributed by atoms with Crippen molar-refractivity contribution in [1.29, 1.82) is 0 Å². The van der Waals surface area contributed by atoms with Crippen LogP contribution in [0.25, 0.3) is 11.3 Å². The van der Waals surface area contributed by atoms with Crippen LogP contribution >= 0.6 is 0 Å². The molecule has 0 spiro atoms. The van der Waals surface area contributed by atoms with Crippen molar-refractivity contribution >= 4 is 11.7 Å². The number of Topliss-reactive ketones (excluding diaryl/α,β-unsaturated/α-hetero) is 1. The summed E-state index contributed by atoms with van der Waals surface area (Å²) >= 11 is 0. The lowest BCUT2D eigenvalue weighted by atomic mass is 9.89. The maximum Gasteiger partial charge on any atom is 0.255 e. The van der Waals surface area contributed by atoms with Gasteiger partial charge in [0.1, 0.15) is 11.5 Å². The number of hydrogen-bond donors (Lipinski definition) is 0. The number of pyridine rings is 1. The van der Waals surface area contributed by atoms with Crippen LogP contribution in [0.1, 0.15) is 43.5 Å². The number of ether oxygens (including phenoxy) is 1. The SMILES string of the molecule is COc1cccc(-c2ccc(C(=O)N3CCC[C@H](C(=O)CC(C)C)C3)cn2)c1. The molecule has 1 saturated heterocycles. The zero-order chi connectivity index (χ0) is 20.1. The van der Waals surface area contributed by atoms with Crippen molar-refractivity contribution in [2.75, 3.05) is 20.2 Å². The van der Waals surface area contributed by atoms with E-state index in [2.05, 4.69) is 18.8 Å². The standard InChI is InChI=1S/C23H28N2O3/c1-16(2)12-22(26)19-7-5-11-25(15-19)23(27)18-9-10-21(24-14-18)17-6-4-8-20(13-17)28-3/h4,6,8-10,13-14,16,19H,5,7,11-12,15H2,1-3H3/t19-/m0/s1. The number of carbonyl (C=O) groups is 2. The largest absolute Gasteiger partial charge is 0.497 e. The molecule has 0 unspecified atom stereocenters. The van der Waals surface area contributed by atoms with Gasteiger partial charge in [0, 0.05) is 37.2 Å². The summed E-state index contributed by atoms with van der Waals surface area (Å²) in [7, 11) is 1.63.